The average molecular weight is 248 g/mol. The molecular formula is C8H10ClN3O4. The molecule has 1 heterocycles. The third-order valence-electron chi connectivity index (χ3n) is 1.71. The van der Waals surface area contributed by atoms with Crippen molar-refractivity contribution in [1.82, 2.24) is 9.97 Å². The fourth-order valence-electron chi connectivity index (χ4n) is 1.04. The molecule has 16 heavy (non-hydrogen) atoms. The number of aryl methyl sites for hydroxylation is 1. The van der Waals surface area contributed by atoms with Crippen LogP contribution in [0.3, 0.4) is 0 Å². The Kier molecular flexibility index (Phi) is 4.39. The highest BCUT2D eigenvalue weighted by Gasteiger charge is 2.23. The summed E-state index contributed by atoms with van der Waals surface area (Å²) in [5.41, 5.74) is -0.113. The molecule has 0 atom stereocenters. The van der Waals surface area contributed by atoms with Crippen LogP contribution in [-0.4, -0.2) is 35.2 Å². The SMILES string of the molecule is COCCOc1nc(Cl)nc(C)c1[N+](=O)[O-]. The number of aromatic nitrogens is 2. The van der Waals surface area contributed by atoms with Gasteiger partial charge in [-0.3, -0.25) is 10.1 Å². The van der Waals surface area contributed by atoms with Crippen LogP contribution in [0.5, 0.6) is 5.88 Å². The van der Waals surface area contributed by atoms with E-state index in [4.69, 9.17) is 21.1 Å². The Morgan fingerprint density at radius 3 is 2.69 bits per heavy atom. The quantitative estimate of drug-likeness (QED) is 0.338. The van der Waals surface area contributed by atoms with Gasteiger partial charge in [-0.25, -0.2) is 4.98 Å². The van der Waals surface area contributed by atoms with Crippen molar-refractivity contribution >= 4 is 17.3 Å². The first kappa shape index (κ1) is 12.6. The van der Waals surface area contributed by atoms with Gasteiger partial charge in [0.1, 0.15) is 12.3 Å². The van der Waals surface area contributed by atoms with Crippen molar-refractivity contribution in [3.8, 4) is 5.88 Å². The van der Waals surface area contributed by atoms with E-state index in [1.165, 1.54) is 14.0 Å². The minimum atomic E-state index is -0.603. The summed E-state index contributed by atoms with van der Waals surface area (Å²) in [6.07, 6.45) is 0. The lowest BCUT2D eigenvalue weighted by Gasteiger charge is -2.06. The van der Waals surface area contributed by atoms with Crippen molar-refractivity contribution < 1.29 is 14.4 Å². The minimum absolute atomic E-state index is 0.0875. The first-order valence-corrected chi connectivity index (χ1v) is 4.74. The maximum absolute atomic E-state index is 10.8. The maximum Gasteiger partial charge on any atom is 0.352 e. The first-order valence-electron chi connectivity index (χ1n) is 4.36. The Bertz CT molecular complexity index is 399. The van der Waals surface area contributed by atoms with E-state index in [0.29, 0.717) is 6.61 Å². The molecule has 1 aromatic rings. The lowest BCUT2D eigenvalue weighted by molar-refractivity contribution is -0.387. The molecule has 0 aromatic carbocycles. The van der Waals surface area contributed by atoms with Gasteiger partial charge in [-0.2, -0.15) is 4.98 Å². The third kappa shape index (κ3) is 3.01. The van der Waals surface area contributed by atoms with E-state index >= 15 is 0 Å². The topological polar surface area (TPSA) is 87.4 Å². The third-order valence-corrected chi connectivity index (χ3v) is 1.88. The fourth-order valence-corrected chi connectivity index (χ4v) is 1.24. The molecule has 0 saturated heterocycles. The van der Waals surface area contributed by atoms with E-state index in [0.717, 1.165) is 0 Å². The highest BCUT2D eigenvalue weighted by molar-refractivity contribution is 6.28. The lowest BCUT2D eigenvalue weighted by Crippen LogP contribution is -2.09. The fraction of sp³-hybridized carbons (Fsp3) is 0.500. The molecule has 0 aliphatic carbocycles. The van der Waals surface area contributed by atoms with Gasteiger partial charge in [0.25, 0.3) is 5.88 Å². The molecule has 8 heteroatoms. The van der Waals surface area contributed by atoms with Crippen LogP contribution in [0, 0.1) is 17.0 Å². The van der Waals surface area contributed by atoms with Crippen LogP contribution < -0.4 is 4.74 Å². The van der Waals surface area contributed by atoms with Crippen molar-refractivity contribution in [2.75, 3.05) is 20.3 Å². The predicted molar refractivity (Wildman–Crippen MR) is 55.8 cm³/mol. The Hall–Kier alpha value is -1.47. The number of halogens is 1. The zero-order chi connectivity index (χ0) is 12.1. The second-order valence-corrected chi connectivity index (χ2v) is 3.17. The first-order chi connectivity index (χ1) is 7.56. The average Bonchev–Trinajstić information content (AvgIpc) is 2.16. The van der Waals surface area contributed by atoms with E-state index in [2.05, 4.69) is 9.97 Å². The summed E-state index contributed by atoms with van der Waals surface area (Å²) in [5, 5.41) is 10.7. The Balaban J connectivity index is 2.99. The number of nitro groups is 1. The summed E-state index contributed by atoms with van der Waals surface area (Å²) in [4.78, 5) is 17.5. The predicted octanol–water partition coefficient (Wildman–Crippen LogP) is 1.37. The molecule has 0 saturated carbocycles. The van der Waals surface area contributed by atoms with Gasteiger partial charge in [-0.05, 0) is 18.5 Å². The number of methoxy groups -OCH3 is 1. The molecule has 7 nitrogen and oxygen atoms in total. The van der Waals surface area contributed by atoms with Gasteiger partial charge in [-0.15, -0.1) is 0 Å². The smallest absolute Gasteiger partial charge is 0.352 e. The van der Waals surface area contributed by atoms with Crippen LogP contribution in [0.4, 0.5) is 5.69 Å². The van der Waals surface area contributed by atoms with Crippen LogP contribution in [0.2, 0.25) is 5.28 Å². The summed E-state index contributed by atoms with van der Waals surface area (Å²) in [5.74, 6) is -0.139. The van der Waals surface area contributed by atoms with Crippen LogP contribution in [-0.2, 0) is 4.74 Å². The molecule has 0 aliphatic heterocycles. The molecule has 0 amide bonds. The molecule has 0 unspecified atom stereocenters. The molecule has 0 radical (unpaired) electrons. The number of hydrogen-bond donors (Lipinski definition) is 0. The Labute approximate surface area is 96.5 Å². The molecule has 88 valence electrons. The Morgan fingerprint density at radius 1 is 1.44 bits per heavy atom. The number of rotatable bonds is 5. The molecule has 1 aromatic heterocycles. The highest BCUT2D eigenvalue weighted by Crippen LogP contribution is 2.28. The van der Waals surface area contributed by atoms with Gasteiger partial charge in [0.2, 0.25) is 5.28 Å². The molecule has 0 N–H and O–H groups in total. The van der Waals surface area contributed by atoms with Crippen molar-refractivity contribution in [2.45, 2.75) is 6.92 Å². The molecule has 0 bridgehead atoms. The van der Waals surface area contributed by atoms with Crippen molar-refractivity contribution in [2.24, 2.45) is 0 Å². The van der Waals surface area contributed by atoms with Gasteiger partial charge >= 0.3 is 5.69 Å². The summed E-state index contributed by atoms with van der Waals surface area (Å²) in [6, 6.07) is 0. The number of ether oxygens (including phenoxy) is 2. The van der Waals surface area contributed by atoms with Crippen LogP contribution in [0.1, 0.15) is 5.69 Å². The van der Waals surface area contributed by atoms with Gasteiger partial charge < -0.3 is 9.47 Å². The second-order valence-electron chi connectivity index (χ2n) is 2.83. The number of hydrogen-bond acceptors (Lipinski definition) is 6. The van der Waals surface area contributed by atoms with Gasteiger partial charge in [0.05, 0.1) is 11.5 Å². The van der Waals surface area contributed by atoms with E-state index in [9.17, 15) is 10.1 Å². The van der Waals surface area contributed by atoms with Crippen LogP contribution in [0.15, 0.2) is 0 Å². The lowest BCUT2D eigenvalue weighted by atomic mass is 10.4. The van der Waals surface area contributed by atoms with E-state index in [-0.39, 0.29) is 29.2 Å². The Morgan fingerprint density at radius 2 is 2.12 bits per heavy atom. The summed E-state index contributed by atoms with van der Waals surface area (Å²) in [7, 11) is 1.50. The zero-order valence-electron chi connectivity index (χ0n) is 8.77. The monoisotopic (exact) mass is 247 g/mol. The van der Waals surface area contributed by atoms with Crippen molar-refractivity contribution in [3.63, 3.8) is 0 Å². The summed E-state index contributed by atoms with van der Waals surface area (Å²) < 4.78 is 9.85. The molecule has 0 aliphatic rings. The molecule has 0 spiro atoms. The summed E-state index contributed by atoms with van der Waals surface area (Å²) in [6.45, 7) is 1.93. The van der Waals surface area contributed by atoms with Gasteiger partial charge in [0, 0.05) is 7.11 Å². The van der Waals surface area contributed by atoms with E-state index in [1.54, 1.807) is 0 Å². The van der Waals surface area contributed by atoms with E-state index in [1.807, 2.05) is 0 Å². The molecule has 0 fully saturated rings. The normalized spacial score (nSPS) is 10.2. The minimum Gasteiger partial charge on any atom is -0.470 e. The molecular weight excluding hydrogens is 238 g/mol. The molecule has 1 rings (SSSR count). The standard InChI is InChI=1S/C8H10ClN3O4/c1-5-6(12(13)14)7(11-8(9)10-5)16-4-3-15-2/h3-4H2,1-2H3. The highest BCUT2D eigenvalue weighted by atomic mass is 35.5. The van der Waals surface area contributed by atoms with Gasteiger partial charge in [-0.1, -0.05) is 0 Å². The van der Waals surface area contributed by atoms with Crippen LogP contribution in [0.25, 0.3) is 0 Å². The number of nitrogens with zero attached hydrogens (tertiary/aromatic N) is 3. The van der Waals surface area contributed by atoms with E-state index < -0.39 is 4.92 Å². The van der Waals surface area contributed by atoms with Crippen molar-refractivity contribution in [1.29, 1.82) is 0 Å². The second kappa shape index (κ2) is 5.57. The van der Waals surface area contributed by atoms with Crippen molar-refractivity contribution in [3.05, 3.63) is 21.1 Å². The van der Waals surface area contributed by atoms with Crippen LogP contribution >= 0.6 is 11.6 Å². The van der Waals surface area contributed by atoms with Gasteiger partial charge in [0.15, 0.2) is 0 Å². The maximum atomic E-state index is 10.8. The summed E-state index contributed by atoms with van der Waals surface area (Å²) >= 11 is 5.58. The zero-order valence-corrected chi connectivity index (χ0v) is 9.52. The largest absolute Gasteiger partial charge is 0.470 e.